The second-order valence-electron chi connectivity index (χ2n) is 7.13. The lowest BCUT2D eigenvalue weighted by Crippen LogP contribution is -2.48. The van der Waals surface area contributed by atoms with Crippen molar-refractivity contribution < 1.29 is 14.6 Å². The number of carbonyl (C=O) groups excluding carboxylic acids is 1. The van der Waals surface area contributed by atoms with E-state index in [0.717, 1.165) is 29.5 Å². The van der Waals surface area contributed by atoms with Crippen molar-refractivity contribution in [1.82, 2.24) is 9.88 Å². The van der Waals surface area contributed by atoms with Crippen LogP contribution < -0.4 is 4.74 Å². The van der Waals surface area contributed by atoms with Crippen molar-refractivity contribution in [1.29, 1.82) is 0 Å². The third-order valence-electron chi connectivity index (χ3n) is 5.44. The van der Waals surface area contributed by atoms with E-state index in [4.69, 9.17) is 27.9 Å². The molecule has 2 heterocycles. The molecule has 1 aliphatic heterocycles. The number of ether oxygens (including phenoxy) is 1. The number of benzene rings is 1. The third-order valence-corrected chi connectivity index (χ3v) is 6.12. The van der Waals surface area contributed by atoms with Crippen molar-refractivity contribution in [3.8, 4) is 5.75 Å². The number of carbonyl (C=O) groups is 1. The minimum atomic E-state index is -0.500. The monoisotopic (exact) mass is 406 g/mol. The van der Waals surface area contributed by atoms with Gasteiger partial charge >= 0.3 is 0 Å². The van der Waals surface area contributed by atoms with Crippen LogP contribution in [0.15, 0.2) is 24.4 Å². The first-order valence-electron chi connectivity index (χ1n) is 9.00. The lowest BCUT2D eigenvalue weighted by Gasteiger charge is -2.35. The van der Waals surface area contributed by atoms with Gasteiger partial charge in [0.2, 0.25) is 0 Å². The lowest BCUT2D eigenvalue weighted by molar-refractivity contribution is 0.0127. The van der Waals surface area contributed by atoms with Gasteiger partial charge < -0.3 is 9.84 Å². The molecule has 27 heavy (non-hydrogen) atoms. The summed E-state index contributed by atoms with van der Waals surface area (Å²) in [7, 11) is 0. The number of pyridine rings is 1. The molecule has 1 aromatic carbocycles. The molecule has 2 aromatic rings. The number of nitrogens with zero attached hydrogens (tertiary/aromatic N) is 2. The highest BCUT2D eigenvalue weighted by molar-refractivity contribution is 6.33. The van der Waals surface area contributed by atoms with Crippen LogP contribution in [-0.4, -0.2) is 39.8 Å². The fraction of sp³-hybridized carbons (Fsp3) is 0.400. The Morgan fingerprint density at radius 2 is 2.15 bits per heavy atom. The normalized spacial score (nSPS) is 21.9. The van der Waals surface area contributed by atoms with E-state index >= 15 is 0 Å². The Balaban J connectivity index is 1.68. The number of amides is 1. The summed E-state index contributed by atoms with van der Waals surface area (Å²) in [5, 5.41) is 11.1. The quantitative estimate of drug-likeness (QED) is 0.782. The minimum absolute atomic E-state index is 0.118. The lowest BCUT2D eigenvalue weighted by atomic mass is 9.96. The third kappa shape index (κ3) is 3.40. The maximum atomic E-state index is 13.1. The smallest absolute Gasteiger partial charge is 0.260 e. The van der Waals surface area contributed by atoms with E-state index in [1.54, 1.807) is 17.2 Å². The molecule has 1 amide bonds. The van der Waals surface area contributed by atoms with E-state index in [1.807, 2.05) is 19.1 Å². The number of hydrogen-bond donors (Lipinski definition) is 1. The van der Waals surface area contributed by atoms with Crippen LogP contribution >= 0.6 is 23.2 Å². The number of aromatic nitrogens is 1. The number of aliphatic hydroxyl groups excluding tert-OH is 1. The maximum absolute atomic E-state index is 13.1. The summed E-state index contributed by atoms with van der Waals surface area (Å²) in [5.41, 5.74) is 3.25. The predicted octanol–water partition coefficient (Wildman–Crippen LogP) is 3.99. The van der Waals surface area contributed by atoms with Crippen LogP contribution in [-0.2, 0) is 6.42 Å². The molecule has 0 spiro atoms. The molecule has 1 aromatic heterocycles. The number of halogens is 2. The van der Waals surface area contributed by atoms with E-state index in [0.29, 0.717) is 34.3 Å². The van der Waals surface area contributed by atoms with Gasteiger partial charge in [0.15, 0.2) is 12.5 Å². The van der Waals surface area contributed by atoms with Crippen LogP contribution in [0.2, 0.25) is 10.2 Å². The SMILES string of the molecule is Cc1c(Cc2ccc(Cl)nc2)cc2c(c1Cl)OCN(C1CCC[C@@H]1O)C2=O. The summed E-state index contributed by atoms with van der Waals surface area (Å²) < 4.78 is 5.83. The van der Waals surface area contributed by atoms with E-state index < -0.39 is 6.10 Å². The Morgan fingerprint density at radius 3 is 2.81 bits per heavy atom. The van der Waals surface area contributed by atoms with Crippen LogP contribution in [0, 0.1) is 6.92 Å². The van der Waals surface area contributed by atoms with Gasteiger partial charge in [0.05, 0.1) is 22.7 Å². The standard InChI is InChI=1S/C20H20Cl2N2O3/c1-11-13(7-12-5-6-17(21)23-9-12)8-14-19(18(11)22)27-10-24(20(14)26)15-3-2-4-16(15)25/h5-6,8-9,15-16,25H,2-4,7,10H2,1H3/t15?,16-/m0/s1. The second kappa shape index (κ2) is 7.30. The van der Waals surface area contributed by atoms with Crippen molar-refractivity contribution in [2.24, 2.45) is 0 Å². The van der Waals surface area contributed by atoms with Crippen molar-refractivity contribution in [3.63, 3.8) is 0 Å². The zero-order valence-electron chi connectivity index (χ0n) is 14.9. The summed E-state index contributed by atoms with van der Waals surface area (Å²) >= 11 is 12.4. The van der Waals surface area contributed by atoms with Crippen molar-refractivity contribution in [2.75, 3.05) is 6.73 Å². The van der Waals surface area contributed by atoms with Gasteiger partial charge in [0, 0.05) is 6.20 Å². The molecule has 4 rings (SSSR count). The van der Waals surface area contributed by atoms with E-state index in [9.17, 15) is 9.90 Å². The van der Waals surface area contributed by atoms with Crippen molar-refractivity contribution in [3.05, 3.63) is 56.8 Å². The highest BCUT2D eigenvalue weighted by atomic mass is 35.5. The average molecular weight is 407 g/mol. The van der Waals surface area contributed by atoms with Crippen molar-refractivity contribution in [2.45, 2.75) is 44.8 Å². The first-order chi connectivity index (χ1) is 13.0. The van der Waals surface area contributed by atoms with Crippen molar-refractivity contribution >= 4 is 29.1 Å². The Bertz CT molecular complexity index is 886. The van der Waals surface area contributed by atoms with Gasteiger partial charge in [-0.1, -0.05) is 29.3 Å². The highest BCUT2D eigenvalue weighted by Gasteiger charge is 2.38. The summed E-state index contributed by atoms with van der Waals surface area (Å²) in [6.07, 6.45) is 4.21. The molecule has 1 fully saturated rings. The summed E-state index contributed by atoms with van der Waals surface area (Å²) in [6, 6.07) is 5.29. The topological polar surface area (TPSA) is 62.7 Å². The maximum Gasteiger partial charge on any atom is 0.260 e. The molecule has 142 valence electrons. The molecule has 0 radical (unpaired) electrons. The summed E-state index contributed by atoms with van der Waals surface area (Å²) in [5.74, 6) is 0.292. The van der Waals surface area contributed by atoms with Gasteiger partial charge in [0.1, 0.15) is 5.15 Å². The molecule has 7 heteroatoms. The Morgan fingerprint density at radius 1 is 1.33 bits per heavy atom. The Labute approximate surface area is 167 Å². The number of fused-ring (bicyclic) bond motifs is 1. The van der Waals surface area contributed by atoms with Gasteiger partial charge in [-0.25, -0.2) is 4.98 Å². The van der Waals surface area contributed by atoms with Crippen LogP contribution in [0.4, 0.5) is 0 Å². The number of rotatable bonds is 3. The fourth-order valence-corrected chi connectivity index (χ4v) is 4.26. The van der Waals surface area contributed by atoms with Gasteiger partial charge in [-0.05, 0) is 61.4 Å². The number of hydrogen-bond acceptors (Lipinski definition) is 4. The molecular weight excluding hydrogens is 387 g/mol. The summed E-state index contributed by atoms with van der Waals surface area (Å²) in [4.78, 5) is 18.8. The zero-order chi connectivity index (χ0) is 19.1. The zero-order valence-corrected chi connectivity index (χ0v) is 16.4. The predicted molar refractivity (Wildman–Crippen MR) is 104 cm³/mol. The largest absolute Gasteiger partial charge is 0.471 e. The minimum Gasteiger partial charge on any atom is -0.471 e. The second-order valence-corrected chi connectivity index (χ2v) is 7.90. The molecule has 1 N–H and O–H groups in total. The Hall–Kier alpha value is -1.82. The van der Waals surface area contributed by atoms with E-state index in [2.05, 4.69) is 4.98 Å². The molecule has 1 saturated carbocycles. The average Bonchev–Trinajstić information content (AvgIpc) is 3.08. The first-order valence-corrected chi connectivity index (χ1v) is 9.75. The molecule has 0 bridgehead atoms. The molecule has 2 aliphatic rings. The molecule has 1 aliphatic carbocycles. The summed E-state index contributed by atoms with van der Waals surface area (Å²) in [6.45, 7) is 2.04. The Kier molecular flexibility index (Phi) is 5.01. The molecule has 0 saturated heterocycles. The first kappa shape index (κ1) is 18.5. The number of aliphatic hydroxyl groups is 1. The van der Waals surface area contributed by atoms with Gasteiger partial charge in [-0.15, -0.1) is 0 Å². The van der Waals surface area contributed by atoms with Crippen LogP contribution in [0.3, 0.4) is 0 Å². The molecule has 1 unspecified atom stereocenters. The van der Waals surface area contributed by atoms with Crippen LogP contribution in [0.25, 0.3) is 0 Å². The van der Waals surface area contributed by atoms with Crippen LogP contribution in [0.1, 0.15) is 46.3 Å². The van der Waals surface area contributed by atoms with E-state index in [-0.39, 0.29) is 18.7 Å². The van der Waals surface area contributed by atoms with Crippen LogP contribution in [0.5, 0.6) is 5.75 Å². The van der Waals surface area contributed by atoms with Gasteiger partial charge in [-0.2, -0.15) is 0 Å². The van der Waals surface area contributed by atoms with E-state index in [1.165, 1.54) is 0 Å². The molecular formula is C20H20Cl2N2O3. The molecule has 5 nitrogen and oxygen atoms in total. The highest BCUT2D eigenvalue weighted by Crippen LogP contribution is 2.39. The van der Waals surface area contributed by atoms with Gasteiger partial charge in [0.25, 0.3) is 5.91 Å². The molecule has 2 atom stereocenters. The fourth-order valence-electron chi connectivity index (χ4n) is 3.87. The van der Waals surface area contributed by atoms with Gasteiger partial charge in [-0.3, -0.25) is 9.69 Å².